The van der Waals surface area contributed by atoms with Gasteiger partial charge in [0.05, 0.1) is 5.01 Å². The Kier molecular flexibility index (Phi) is 1.39. The molecule has 2 aromatic heterocycles. The highest BCUT2D eigenvalue weighted by Gasteiger charge is 2.01. The van der Waals surface area contributed by atoms with E-state index in [4.69, 9.17) is 0 Å². The molecule has 11 heavy (non-hydrogen) atoms. The van der Waals surface area contributed by atoms with Gasteiger partial charge in [-0.2, -0.15) is 0 Å². The van der Waals surface area contributed by atoms with Crippen molar-refractivity contribution in [2.45, 2.75) is 6.92 Å². The van der Waals surface area contributed by atoms with Crippen molar-refractivity contribution in [3.8, 4) is 0 Å². The first kappa shape index (κ1) is 6.73. The second-order valence-corrected chi connectivity index (χ2v) is 3.55. The molecule has 0 radical (unpaired) electrons. The molecular weight excluding hydrogens is 157 g/mol. The van der Waals surface area contributed by atoms with Crippen LogP contribution in [0.2, 0.25) is 0 Å². The largest absolute Gasteiger partial charge is 0.248 e. The predicted octanol–water partition coefficient (Wildman–Crippen LogP) is -0.347. The summed E-state index contributed by atoms with van der Waals surface area (Å²) in [4.78, 5) is 13.6. The first-order valence-electron chi connectivity index (χ1n) is 3.32. The van der Waals surface area contributed by atoms with E-state index >= 15 is 0 Å². The smallest absolute Gasteiger partial charge is 0.189 e. The van der Waals surface area contributed by atoms with E-state index in [1.807, 2.05) is 14.8 Å². The van der Waals surface area contributed by atoms with Gasteiger partial charge in [0, 0.05) is 11.8 Å². The van der Waals surface area contributed by atoms with Gasteiger partial charge in [-0.25, -0.2) is 15.0 Å². The Morgan fingerprint density at radius 3 is 3.09 bits per heavy atom. The zero-order valence-electron chi connectivity index (χ0n) is 6.33. The third-order valence-electron chi connectivity index (χ3n) is 1.35. The van der Waals surface area contributed by atoms with Gasteiger partial charge in [0.15, 0.2) is 18.3 Å². The van der Waals surface area contributed by atoms with E-state index in [1.165, 1.54) is 0 Å². The molecule has 0 spiro atoms. The van der Waals surface area contributed by atoms with Crippen LogP contribution in [0.3, 0.4) is 0 Å². The Balaban J connectivity index is 2.82. The highest BCUT2D eigenvalue weighted by atomic mass is 32.1. The molecule has 0 amide bonds. The summed E-state index contributed by atoms with van der Waals surface area (Å²) in [6.45, 7) is 1.96. The third-order valence-corrected chi connectivity index (χ3v) is 2.20. The van der Waals surface area contributed by atoms with Crippen LogP contribution < -0.4 is 5.59 Å². The maximum Gasteiger partial charge on any atom is 0.189 e. The average molecular weight is 163 g/mol. The molecule has 3 nitrogen and oxygen atoms in total. The maximum atomic E-state index is 4.29. The summed E-state index contributed by atoms with van der Waals surface area (Å²) in [5.74, 6) is 0. The Hall–Kier alpha value is -0.965. The fraction of sp³-hybridized carbons (Fsp3) is 0.167. The van der Waals surface area contributed by atoms with Crippen LogP contribution in [0.4, 0.5) is 0 Å². The molecule has 2 aromatic rings. The van der Waals surface area contributed by atoms with Crippen LogP contribution in [0.5, 0.6) is 0 Å². The van der Waals surface area contributed by atoms with Crippen molar-refractivity contribution in [2.24, 2.45) is 0 Å². The number of aromatic nitrogens is 3. The fourth-order valence-electron chi connectivity index (χ4n) is 0.906. The quantitative estimate of drug-likeness (QED) is 0.498. The van der Waals surface area contributed by atoms with Gasteiger partial charge in [0.25, 0.3) is 0 Å². The zero-order valence-corrected chi connectivity index (χ0v) is 7.14. The number of aryl methyl sites for hydroxylation is 1. The first-order chi connectivity index (χ1) is 5.25. The van der Waals surface area contributed by atoms with E-state index in [0.29, 0.717) is 0 Å². The van der Waals surface area contributed by atoms with Crippen LogP contribution in [-0.2, 0) is 0 Å². The Morgan fingerprint density at radius 2 is 2.27 bits per heavy atom. The second kappa shape index (κ2) is 2.27. The molecule has 0 N–H and O–H groups in total. The molecule has 0 aliphatic heterocycles. The first-order valence-corrected chi connectivity index (χ1v) is 4.14. The van der Waals surface area contributed by atoms with Crippen LogP contribution in [0, 0.1) is 6.92 Å². The van der Waals surface area contributed by atoms with Crippen molar-refractivity contribution in [2.75, 3.05) is 0 Å². The molecule has 0 aliphatic rings. The van der Waals surface area contributed by atoms with Crippen molar-refractivity contribution < 1.29 is 0 Å². The highest BCUT2D eigenvalue weighted by Crippen LogP contribution is 2.14. The molecule has 0 unspecified atom stereocenters. The SMILES string of the molecule is Bc1cnc2nc(C)sc2n1. The van der Waals surface area contributed by atoms with Gasteiger partial charge in [0.2, 0.25) is 0 Å². The third kappa shape index (κ3) is 1.11. The lowest BCUT2D eigenvalue weighted by Gasteiger charge is -1.87. The molecule has 0 atom stereocenters. The maximum absolute atomic E-state index is 4.29. The van der Waals surface area contributed by atoms with Gasteiger partial charge in [-0.1, -0.05) is 11.3 Å². The van der Waals surface area contributed by atoms with E-state index in [1.54, 1.807) is 17.5 Å². The summed E-state index contributed by atoms with van der Waals surface area (Å²) >= 11 is 1.58. The van der Waals surface area contributed by atoms with Crippen molar-refractivity contribution >= 4 is 35.3 Å². The molecule has 54 valence electrons. The van der Waals surface area contributed by atoms with Crippen molar-refractivity contribution in [3.05, 3.63) is 11.2 Å². The Morgan fingerprint density at radius 1 is 1.45 bits per heavy atom. The summed E-state index contributed by atoms with van der Waals surface area (Å²) in [7, 11) is 1.93. The fourth-order valence-corrected chi connectivity index (χ4v) is 1.70. The number of thiazole rings is 1. The Bertz CT molecular complexity index is 398. The van der Waals surface area contributed by atoms with E-state index in [2.05, 4.69) is 15.0 Å². The van der Waals surface area contributed by atoms with Gasteiger partial charge in [-0.3, -0.25) is 0 Å². The van der Waals surface area contributed by atoms with E-state index in [0.717, 1.165) is 21.1 Å². The molecule has 5 heteroatoms. The molecular formula is C6H6BN3S. The number of hydrogen-bond donors (Lipinski definition) is 0. The van der Waals surface area contributed by atoms with Crippen LogP contribution in [0.15, 0.2) is 6.20 Å². The van der Waals surface area contributed by atoms with Gasteiger partial charge < -0.3 is 0 Å². The van der Waals surface area contributed by atoms with Crippen molar-refractivity contribution in [1.29, 1.82) is 0 Å². The van der Waals surface area contributed by atoms with Crippen LogP contribution >= 0.6 is 11.3 Å². The van der Waals surface area contributed by atoms with Crippen LogP contribution in [0.25, 0.3) is 10.5 Å². The number of rotatable bonds is 0. The number of hydrogen-bond acceptors (Lipinski definition) is 4. The van der Waals surface area contributed by atoms with Gasteiger partial charge in [0.1, 0.15) is 0 Å². The molecule has 0 aromatic carbocycles. The Labute approximate surface area is 68.9 Å². The van der Waals surface area contributed by atoms with Crippen LogP contribution in [0.1, 0.15) is 5.01 Å². The van der Waals surface area contributed by atoms with Crippen molar-refractivity contribution in [1.82, 2.24) is 15.0 Å². The zero-order chi connectivity index (χ0) is 7.84. The summed E-state index contributed by atoms with van der Waals surface area (Å²) in [5, 5.41) is 1.02. The normalized spacial score (nSPS) is 10.6. The summed E-state index contributed by atoms with van der Waals surface area (Å²) in [5.41, 5.74) is 1.71. The van der Waals surface area contributed by atoms with E-state index in [9.17, 15) is 0 Å². The monoisotopic (exact) mass is 163 g/mol. The predicted molar refractivity (Wildman–Crippen MR) is 48.1 cm³/mol. The minimum Gasteiger partial charge on any atom is -0.248 e. The standard InChI is InChI=1S/C6H6BN3S/c1-3-9-5-6(11-3)10-4(7)2-8-5/h2H,7H2,1H3. The summed E-state index contributed by atoms with van der Waals surface area (Å²) in [6, 6.07) is 0. The topological polar surface area (TPSA) is 38.7 Å². The highest BCUT2D eigenvalue weighted by molar-refractivity contribution is 7.18. The van der Waals surface area contributed by atoms with Crippen LogP contribution in [-0.4, -0.2) is 22.8 Å². The van der Waals surface area contributed by atoms with E-state index in [-0.39, 0.29) is 0 Å². The summed E-state index contributed by atoms with van der Waals surface area (Å²) < 4.78 is 0. The van der Waals surface area contributed by atoms with Gasteiger partial charge in [-0.15, -0.1) is 0 Å². The molecule has 0 saturated carbocycles. The van der Waals surface area contributed by atoms with Gasteiger partial charge >= 0.3 is 0 Å². The van der Waals surface area contributed by atoms with Gasteiger partial charge in [-0.05, 0) is 6.92 Å². The minimum atomic E-state index is 0.762. The molecule has 2 rings (SSSR count). The lowest BCUT2D eigenvalue weighted by molar-refractivity contribution is 1.25. The average Bonchev–Trinajstić information content (AvgIpc) is 2.27. The summed E-state index contributed by atoms with van der Waals surface area (Å²) in [6.07, 6.45) is 1.74. The van der Waals surface area contributed by atoms with Crippen molar-refractivity contribution in [3.63, 3.8) is 0 Å². The molecule has 0 saturated heterocycles. The lowest BCUT2D eigenvalue weighted by Crippen LogP contribution is -2.07. The number of nitrogens with zero attached hydrogens (tertiary/aromatic N) is 3. The molecule has 0 fully saturated rings. The van der Waals surface area contributed by atoms with E-state index < -0.39 is 0 Å². The molecule has 0 aliphatic carbocycles. The molecule has 0 bridgehead atoms. The molecule has 2 heterocycles. The minimum absolute atomic E-state index is 0.762. The number of fused-ring (bicyclic) bond motifs is 1. The second-order valence-electron chi connectivity index (χ2n) is 2.37. The lowest BCUT2D eigenvalue weighted by atomic mass is 10.1.